The van der Waals surface area contributed by atoms with Gasteiger partial charge in [-0.15, -0.1) is 11.6 Å². The molecular formula is C14H21ClN2. The molecule has 0 spiro atoms. The third-order valence-corrected chi connectivity index (χ3v) is 3.93. The van der Waals surface area contributed by atoms with Gasteiger partial charge >= 0.3 is 0 Å². The molecule has 0 bridgehead atoms. The van der Waals surface area contributed by atoms with Crippen LogP contribution in [-0.2, 0) is 0 Å². The van der Waals surface area contributed by atoms with E-state index >= 15 is 0 Å². The maximum absolute atomic E-state index is 5.87. The molecule has 1 aliphatic heterocycles. The summed E-state index contributed by atoms with van der Waals surface area (Å²) >= 11 is 5.87. The van der Waals surface area contributed by atoms with Crippen LogP contribution in [0.5, 0.6) is 0 Å². The lowest BCUT2D eigenvalue weighted by Gasteiger charge is -2.38. The SMILES string of the molecule is CCC(c1ccccc1)N1CCN(CCl)CC1. The minimum Gasteiger partial charge on any atom is -0.294 e. The Morgan fingerprint density at radius 3 is 2.29 bits per heavy atom. The quantitative estimate of drug-likeness (QED) is 0.601. The second-order valence-electron chi connectivity index (χ2n) is 4.61. The molecule has 1 unspecified atom stereocenters. The molecule has 0 aliphatic carbocycles. The van der Waals surface area contributed by atoms with Crippen LogP contribution in [0.2, 0.25) is 0 Å². The Labute approximate surface area is 109 Å². The zero-order valence-electron chi connectivity index (χ0n) is 10.5. The maximum atomic E-state index is 5.87. The van der Waals surface area contributed by atoms with Crippen molar-refractivity contribution in [2.75, 3.05) is 32.2 Å². The number of hydrogen-bond donors (Lipinski definition) is 0. The maximum Gasteiger partial charge on any atom is 0.0739 e. The molecule has 17 heavy (non-hydrogen) atoms. The van der Waals surface area contributed by atoms with E-state index in [1.54, 1.807) is 0 Å². The van der Waals surface area contributed by atoms with E-state index in [0.29, 0.717) is 12.0 Å². The molecule has 0 amide bonds. The summed E-state index contributed by atoms with van der Waals surface area (Å²) in [6, 6.07) is 12.1. The Bertz CT molecular complexity index is 320. The van der Waals surface area contributed by atoms with E-state index in [9.17, 15) is 0 Å². The van der Waals surface area contributed by atoms with Gasteiger partial charge < -0.3 is 0 Å². The Balaban J connectivity index is 2.00. The van der Waals surface area contributed by atoms with Crippen molar-refractivity contribution in [2.24, 2.45) is 0 Å². The predicted molar refractivity (Wildman–Crippen MR) is 73.3 cm³/mol. The fraction of sp³-hybridized carbons (Fsp3) is 0.571. The number of hydrogen-bond acceptors (Lipinski definition) is 2. The van der Waals surface area contributed by atoms with Gasteiger partial charge in [-0.25, -0.2) is 0 Å². The van der Waals surface area contributed by atoms with Gasteiger partial charge in [-0.1, -0.05) is 37.3 Å². The van der Waals surface area contributed by atoms with Gasteiger partial charge in [-0.3, -0.25) is 9.80 Å². The van der Waals surface area contributed by atoms with Gasteiger partial charge in [-0.05, 0) is 12.0 Å². The van der Waals surface area contributed by atoms with E-state index < -0.39 is 0 Å². The molecule has 0 radical (unpaired) electrons. The molecule has 1 fully saturated rings. The van der Waals surface area contributed by atoms with Crippen LogP contribution in [0.1, 0.15) is 24.9 Å². The average molecular weight is 253 g/mol. The molecule has 2 nitrogen and oxygen atoms in total. The summed E-state index contributed by atoms with van der Waals surface area (Å²) in [6.07, 6.45) is 1.17. The third-order valence-electron chi connectivity index (χ3n) is 3.59. The van der Waals surface area contributed by atoms with Gasteiger partial charge in [0.15, 0.2) is 0 Å². The predicted octanol–water partition coefficient (Wildman–Crippen LogP) is 2.95. The molecular weight excluding hydrogens is 232 g/mol. The summed E-state index contributed by atoms with van der Waals surface area (Å²) in [5.74, 6) is 0. The summed E-state index contributed by atoms with van der Waals surface area (Å²) < 4.78 is 0. The molecule has 1 aromatic rings. The van der Waals surface area contributed by atoms with Crippen LogP contribution in [0.15, 0.2) is 30.3 Å². The molecule has 0 N–H and O–H groups in total. The number of piperazine rings is 1. The van der Waals surface area contributed by atoms with Gasteiger partial charge in [0.2, 0.25) is 0 Å². The van der Waals surface area contributed by atoms with Crippen molar-refractivity contribution in [2.45, 2.75) is 19.4 Å². The Morgan fingerprint density at radius 2 is 1.76 bits per heavy atom. The molecule has 1 heterocycles. The van der Waals surface area contributed by atoms with Crippen LogP contribution in [-0.4, -0.2) is 42.0 Å². The highest BCUT2D eigenvalue weighted by Gasteiger charge is 2.23. The molecule has 1 aromatic carbocycles. The molecule has 0 saturated carbocycles. The molecule has 94 valence electrons. The highest BCUT2D eigenvalue weighted by Crippen LogP contribution is 2.24. The van der Waals surface area contributed by atoms with E-state index in [-0.39, 0.29) is 0 Å². The van der Waals surface area contributed by atoms with E-state index in [0.717, 1.165) is 26.2 Å². The van der Waals surface area contributed by atoms with Crippen LogP contribution >= 0.6 is 11.6 Å². The van der Waals surface area contributed by atoms with Crippen LogP contribution in [0.25, 0.3) is 0 Å². The molecule has 1 saturated heterocycles. The molecule has 2 rings (SSSR count). The summed E-state index contributed by atoms with van der Waals surface area (Å²) in [5.41, 5.74) is 1.44. The second kappa shape index (κ2) is 6.39. The number of nitrogens with zero attached hydrogens (tertiary/aromatic N) is 2. The van der Waals surface area contributed by atoms with Gasteiger partial charge in [-0.2, -0.15) is 0 Å². The smallest absolute Gasteiger partial charge is 0.0739 e. The largest absolute Gasteiger partial charge is 0.294 e. The highest BCUT2D eigenvalue weighted by molar-refractivity contribution is 6.17. The van der Waals surface area contributed by atoms with Crippen molar-refractivity contribution in [3.63, 3.8) is 0 Å². The van der Waals surface area contributed by atoms with Gasteiger partial charge in [0.25, 0.3) is 0 Å². The highest BCUT2D eigenvalue weighted by atomic mass is 35.5. The van der Waals surface area contributed by atoms with Crippen molar-refractivity contribution < 1.29 is 0 Å². The first-order valence-corrected chi connectivity index (χ1v) is 6.96. The minimum absolute atomic E-state index is 0.564. The molecule has 0 aromatic heterocycles. The Hall–Kier alpha value is -0.570. The van der Waals surface area contributed by atoms with Crippen LogP contribution in [0, 0.1) is 0 Å². The summed E-state index contributed by atoms with van der Waals surface area (Å²) in [4.78, 5) is 4.88. The van der Waals surface area contributed by atoms with Crippen LogP contribution in [0.4, 0.5) is 0 Å². The number of halogens is 1. The fourth-order valence-corrected chi connectivity index (χ4v) is 2.81. The topological polar surface area (TPSA) is 6.48 Å². The molecule has 3 heteroatoms. The summed E-state index contributed by atoms with van der Waals surface area (Å²) in [5, 5.41) is 0. The van der Waals surface area contributed by atoms with Crippen molar-refractivity contribution in [3.05, 3.63) is 35.9 Å². The monoisotopic (exact) mass is 252 g/mol. The number of rotatable bonds is 4. The van der Waals surface area contributed by atoms with Crippen molar-refractivity contribution >= 4 is 11.6 Å². The van der Waals surface area contributed by atoms with Crippen LogP contribution < -0.4 is 0 Å². The van der Waals surface area contributed by atoms with Crippen molar-refractivity contribution in [1.29, 1.82) is 0 Å². The van der Waals surface area contributed by atoms with E-state index in [2.05, 4.69) is 47.1 Å². The first-order chi connectivity index (χ1) is 8.35. The van der Waals surface area contributed by atoms with E-state index in [1.807, 2.05) is 0 Å². The lowest BCUT2D eigenvalue weighted by atomic mass is 10.0. The van der Waals surface area contributed by atoms with Crippen LogP contribution in [0.3, 0.4) is 0 Å². The zero-order valence-corrected chi connectivity index (χ0v) is 11.2. The normalized spacial score (nSPS) is 20.4. The number of benzene rings is 1. The lowest BCUT2D eigenvalue weighted by molar-refractivity contribution is 0.105. The summed E-state index contributed by atoms with van der Waals surface area (Å²) in [6.45, 7) is 6.70. The first-order valence-electron chi connectivity index (χ1n) is 6.42. The number of alkyl halides is 1. The van der Waals surface area contributed by atoms with E-state index in [1.165, 1.54) is 12.0 Å². The van der Waals surface area contributed by atoms with Gasteiger partial charge in [0.05, 0.1) is 6.00 Å². The second-order valence-corrected chi connectivity index (χ2v) is 4.85. The lowest BCUT2D eigenvalue weighted by Crippen LogP contribution is -2.46. The van der Waals surface area contributed by atoms with Crippen molar-refractivity contribution in [1.82, 2.24) is 9.80 Å². The average Bonchev–Trinajstić information content (AvgIpc) is 2.42. The Kier molecular flexibility index (Phi) is 4.84. The first kappa shape index (κ1) is 12.9. The Morgan fingerprint density at radius 1 is 1.12 bits per heavy atom. The van der Waals surface area contributed by atoms with Crippen molar-refractivity contribution in [3.8, 4) is 0 Å². The molecule has 1 aliphatic rings. The zero-order chi connectivity index (χ0) is 12.1. The van der Waals surface area contributed by atoms with Gasteiger partial charge in [0.1, 0.15) is 0 Å². The third kappa shape index (κ3) is 3.21. The minimum atomic E-state index is 0.564. The van der Waals surface area contributed by atoms with Gasteiger partial charge in [0, 0.05) is 32.2 Å². The fourth-order valence-electron chi connectivity index (χ4n) is 2.57. The summed E-state index contributed by atoms with van der Waals surface area (Å²) in [7, 11) is 0. The standard InChI is InChI=1S/C14H21ClN2/c1-2-14(13-6-4-3-5-7-13)17-10-8-16(12-15)9-11-17/h3-7,14H,2,8-12H2,1H3. The van der Waals surface area contributed by atoms with E-state index in [4.69, 9.17) is 11.6 Å². The molecule has 1 atom stereocenters.